The molecule has 0 radical (unpaired) electrons. The van der Waals surface area contributed by atoms with E-state index in [0.29, 0.717) is 6.54 Å². The monoisotopic (exact) mass is 471 g/mol. The summed E-state index contributed by atoms with van der Waals surface area (Å²) in [6.45, 7) is 32.9. The third-order valence-electron chi connectivity index (χ3n) is 7.08. The molecule has 31 heavy (non-hydrogen) atoms. The average molecular weight is 472 g/mol. The van der Waals surface area contributed by atoms with Crippen LogP contribution in [0.25, 0.3) is 0 Å². The number of rotatable bonds is 5. The summed E-state index contributed by atoms with van der Waals surface area (Å²) in [4.78, 5) is 14.8. The van der Waals surface area contributed by atoms with E-state index < -0.39 is 22.2 Å². The van der Waals surface area contributed by atoms with Gasteiger partial charge in [0.1, 0.15) is 5.60 Å². The van der Waals surface area contributed by atoms with E-state index in [4.69, 9.17) is 13.6 Å². The lowest BCUT2D eigenvalue weighted by molar-refractivity contribution is -0.0557. The maximum Gasteiger partial charge on any atom is 0.410 e. The summed E-state index contributed by atoms with van der Waals surface area (Å²) >= 11 is 0. The molecule has 0 aliphatic carbocycles. The van der Waals surface area contributed by atoms with Crippen LogP contribution in [0.3, 0.4) is 0 Å². The number of carbonyl (C=O) groups is 1. The summed E-state index contributed by atoms with van der Waals surface area (Å²) in [6.07, 6.45) is 1.93. The van der Waals surface area contributed by atoms with Gasteiger partial charge in [-0.2, -0.15) is 0 Å². The van der Waals surface area contributed by atoms with Gasteiger partial charge < -0.3 is 13.6 Å². The van der Waals surface area contributed by atoms with Crippen molar-refractivity contribution in [3.8, 4) is 0 Å². The van der Waals surface area contributed by atoms with Gasteiger partial charge in [0.2, 0.25) is 0 Å². The normalized spacial score (nSPS) is 24.2. The smallest absolute Gasteiger partial charge is 0.410 e. The van der Waals surface area contributed by atoms with Gasteiger partial charge in [-0.15, -0.1) is 6.58 Å². The highest BCUT2D eigenvalue weighted by atomic mass is 28.4. The third-order valence-corrected chi connectivity index (χ3v) is 16.1. The lowest BCUT2D eigenvalue weighted by Gasteiger charge is -2.51. The molecule has 1 heterocycles. The van der Waals surface area contributed by atoms with E-state index in [9.17, 15) is 4.79 Å². The summed E-state index contributed by atoms with van der Waals surface area (Å²) in [6, 6.07) is -0.285. The van der Waals surface area contributed by atoms with Crippen LogP contribution in [-0.4, -0.2) is 58.0 Å². The molecule has 0 bridgehead atoms. The maximum absolute atomic E-state index is 13.0. The molecular formula is C24H49NO4Si2. The highest BCUT2D eigenvalue weighted by molar-refractivity contribution is 6.74. The van der Waals surface area contributed by atoms with Gasteiger partial charge >= 0.3 is 6.09 Å². The van der Waals surface area contributed by atoms with Crippen molar-refractivity contribution in [2.24, 2.45) is 0 Å². The lowest BCUT2D eigenvalue weighted by Crippen LogP contribution is -2.63. The second kappa shape index (κ2) is 9.31. The molecule has 3 atom stereocenters. The second-order valence-electron chi connectivity index (χ2n) is 12.9. The van der Waals surface area contributed by atoms with Crippen molar-refractivity contribution >= 4 is 22.7 Å². The van der Waals surface area contributed by atoms with Crippen LogP contribution in [0.15, 0.2) is 12.7 Å². The number of ether oxygens (including phenoxy) is 1. The predicted molar refractivity (Wildman–Crippen MR) is 136 cm³/mol. The summed E-state index contributed by atoms with van der Waals surface area (Å²) in [7, 11) is -4.13. The molecular weight excluding hydrogens is 422 g/mol. The Morgan fingerprint density at radius 1 is 0.903 bits per heavy atom. The first-order valence-electron chi connectivity index (χ1n) is 11.6. The molecule has 1 rings (SSSR count). The first-order chi connectivity index (χ1) is 13.6. The van der Waals surface area contributed by atoms with Crippen LogP contribution < -0.4 is 0 Å². The number of carbonyl (C=O) groups excluding carboxylic acids is 1. The van der Waals surface area contributed by atoms with E-state index in [0.717, 1.165) is 6.42 Å². The Bertz CT molecular complexity index is 641. The zero-order chi connectivity index (χ0) is 24.6. The Morgan fingerprint density at radius 2 is 1.35 bits per heavy atom. The fourth-order valence-corrected chi connectivity index (χ4v) is 5.80. The summed E-state index contributed by atoms with van der Waals surface area (Å²) < 4.78 is 19.5. The van der Waals surface area contributed by atoms with E-state index in [1.54, 1.807) is 4.90 Å². The van der Waals surface area contributed by atoms with Gasteiger partial charge in [-0.1, -0.05) is 47.6 Å². The molecule has 0 unspecified atom stereocenters. The number of nitrogens with zero attached hydrogens (tertiary/aromatic N) is 1. The second-order valence-corrected chi connectivity index (χ2v) is 22.5. The first-order valence-corrected chi connectivity index (χ1v) is 17.4. The van der Waals surface area contributed by atoms with Gasteiger partial charge in [0.15, 0.2) is 16.6 Å². The van der Waals surface area contributed by atoms with Crippen LogP contribution in [0, 0.1) is 0 Å². The number of hydrogen-bond acceptors (Lipinski definition) is 4. The van der Waals surface area contributed by atoms with E-state index >= 15 is 0 Å². The van der Waals surface area contributed by atoms with Gasteiger partial charge in [-0.25, -0.2) is 4.79 Å². The molecule has 1 aliphatic heterocycles. The highest BCUT2D eigenvalue weighted by Gasteiger charge is 2.50. The van der Waals surface area contributed by atoms with Crippen molar-refractivity contribution in [2.45, 2.75) is 129 Å². The Kier molecular flexibility index (Phi) is 8.53. The first kappa shape index (κ1) is 28.4. The molecule has 0 spiro atoms. The number of piperidine rings is 1. The van der Waals surface area contributed by atoms with Crippen LogP contribution in [0.1, 0.15) is 68.7 Å². The van der Waals surface area contributed by atoms with Crippen LogP contribution in [0.5, 0.6) is 0 Å². The van der Waals surface area contributed by atoms with Crippen molar-refractivity contribution < 1.29 is 18.4 Å². The minimum Gasteiger partial charge on any atom is -0.444 e. The predicted octanol–water partition coefficient (Wildman–Crippen LogP) is 6.96. The fraction of sp³-hybridized carbons (Fsp3) is 0.875. The van der Waals surface area contributed by atoms with Crippen molar-refractivity contribution in [3.63, 3.8) is 0 Å². The standard InChI is InChI=1S/C24H49NO4Si2/c1-15-18-20(29-31(13,14)24(8,9)10)19(28-30(11,12)23(5,6)7)16-17-25(18)21(26)27-22(2,3)4/h15,18-20H,1,16-17H2,2-14H3/t18-,19+,20+/m0/s1. The van der Waals surface area contributed by atoms with E-state index in [1.807, 2.05) is 26.8 Å². The van der Waals surface area contributed by atoms with E-state index in [-0.39, 0.29) is 34.4 Å². The molecule has 1 aliphatic rings. The molecule has 5 nitrogen and oxygen atoms in total. The molecule has 0 aromatic rings. The van der Waals surface area contributed by atoms with Gasteiger partial charge in [-0.3, -0.25) is 4.90 Å². The lowest BCUT2D eigenvalue weighted by atomic mass is 9.96. The molecule has 0 aromatic heterocycles. The molecule has 1 fully saturated rings. The van der Waals surface area contributed by atoms with Crippen molar-refractivity contribution in [1.29, 1.82) is 0 Å². The average Bonchev–Trinajstić information content (AvgIpc) is 2.51. The molecule has 1 saturated heterocycles. The summed E-state index contributed by atoms with van der Waals surface area (Å²) in [5, 5.41) is 0.148. The Labute approximate surface area is 194 Å². The van der Waals surface area contributed by atoms with Crippen molar-refractivity contribution in [2.75, 3.05) is 6.54 Å². The van der Waals surface area contributed by atoms with Crippen LogP contribution in [0.4, 0.5) is 4.79 Å². The summed E-state index contributed by atoms with van der Waals surface area (Å²) in [5.74, 6) is 0. The fourth-order valence-electron chi connectivity index (χ4n) is 3.12. The SMILES string of the molecule is C=C[C@H]1[C@@H](O[Si](C)(C)C(C)(C)C)[C@H](O[Si](C)(C)C(C)(C)C)CCN1C(=O)OC(C)(C)C. The zero-order valence-electron chi connectivity index (χ0n) is 22.5. The van der Waals surface area contributed by atoms with Crippen molar-refractivity contribution in [3.05, 3.63) is 12.7 Å². The van der Waals surface area contributed by atoms with E-state index in [1.165, 1.54) is 0 Å². The van der Waals surface area contributed by atoms with Crippen LogP contribution >= 0.6 is 0 Å². The van der Waals surface area contributed by atoms with Gasteiger partial charge in [0.25, 0.3) is 0 Å². The number of hydrogen-bond donors (Lipinski definition) is 0. The van der Waals surface area contributed by atoms with Gasteiger partial charge in [-0.05, 0) is 63.5 Å². The van der Waals surface area contributed by atoms with Gasteiger partial charge in [0, 0.05) is 6.54 Å². The summed E-state index contributed by atoms with van der Waals surface area (Å²) in [5.41, 5.74) is -0.549. The Morgan fingerprint density at radius 3 is 1.74 bits per heavy atom. The number of likely N-dealkylation sites (tertiary alicyclic amines) is 1. The largest absolute Gasteiger partial charge is 0.444 e. The van der Waals surface area contributed by atoms with Gasteiger partial charge in [0.05, 0.1) is 18.2 Å². The Balaban J connectivity index is 3.34. The maximum atomic E-state index is 13.0. The van der Waals surface area contributed by atoms with Crippen LogP contribution in [-0.2, 0) is 13.6 Å². The quantitative estimate of drug-likeness (QED) is 0.321. The molecule has 0 saturated carbocycles. The molecule has 0 aromatic carbocycles. The zero-order valence-corrected chi connectivity index (χ0v) is 24.5. The van der Waals surface area contributed by atoms with E-state index in [2.05, 4.69) is 74.3 Å². The topological polar surface area (TPSA) is 48.0 Å². The molecule has 7 heteroatoms. The Hall–Kier alpha value is -0.636. The van der Waals surface area contributed by atoms with Crippen LogP contribution in [0.2, 0.25) is 36.3 Å². The number of amides is 1. The minimum absolute atomic E-state index is 0.0500. The minimum atomic E-state index is -2.12. The highest BCUT2D eigenvalue weighted by Crippen LogP contribution is 2.42. The molecule has 182 valence electrons. The molecule has 0 N–H and O–H groups in total. The third kappa shape index (κ3) is 7.17. The molecule has 1 amide bonds. The van der Waals surface area contributed by atoms with Crippen molar-refractivity contribution in [1.82, 2.24) is 4.90 Å².